The molecule has 368 valence electrons. The van der Waals surface area contributed by atoms with E-state index in [0.717, 1.165) is 59.1 Å². The van der Waals surface area contributed by atoms with Gasteiger partial charge in [-0.1, -0.05) is 46.7 Å². The second kappa shape index (κ2) is 22.1. The van der Waals surface area contributed by atoms with Gasteiger partial charge in [-0.25, -0.2) is 14.5 Å². The van der Waals surface area contributed by atoms with E-state index in [4.69, 9.17) is 41.5 Å². The molecule has 2 aliphatic carbocycles. The van der Waals surface area contributed by atoms with Crippen LogP contribution in [0.25, 0.3) is 55.4 Å². The van der Waals surface area contributed by atoms with Crippen LogP contribution in [-0.2, 0) is 27.2 Å². The van der Waals surface area contributed by atoms with E-state index in [1.807, 2.05) is 64.1 Å². The molecule has 2 atom stereocenters. The molecule has 0 radical (unpaired) electrons. The standard InChI is InChI=1S/C29H32N4O6.C24H24N4O4/c1-17(2)37-24-14-13-18(15-22(24)30-6)27-31-26(32-39-27)21-11-7-10-20-19(21)9-8-12-23(20)33(16-25(34)35)28(36)38-29(3,4)5;1-14(2)31-21-11-10-15(12-20(21)25-3)24-27-23(28-32-24)18-8-4-7-17-16(18)6-5-9-19(17)26-13-22(29)30/h7,10-11,13-15,17,23H,8-9,12,16H2,1-5H3,(H,34,35);4,7-8,10-12,14,19,26H,5-6,9,13H2,1-2H3,(H,29,30)/t23-;19-/m00/s1. The molecule has 6 aromatic rings. The van der Waals surface area contributed by atoms with Crippen LogP contribution < -0.4 is 14.8 Å². The quantitative estimate of drug-likeness (QED) is 0.0864. The largest absolute Gasteiger partial charge is 0.502 e. The fraction of sp³-hybridized carbons (Fsp3) is 0.377. The van der Waals surface area contributed by atoms with E-state index >= 15 is 0 Å². The first-order valence-electron chi connectivity index (χ1n) is 23.4. The summed E-state index contributed by atoms with van der Waals surface area (Å²) < 4.78 is 28.0. The summed E-state index contributed by atoms with van der Waals surface area (Å²) in [6.45, 7) is 27.2. The van der Waals surface area contributed by atoms with Gasteiger partial charge >= 0.3 is 18.0 Å². The third-order valence-electron chi connectivity index (χ3n) is 11.5. The van der Waals surface area contributed by atoms with Crippen LogP contribution >= 0.6 is 0 Å². The van der Waals surface area contributed by atoms with Gasteiger partial charge in [0.25, 0.3) is 11.8 Å². The predicted octanol–water partition coefficient (Wildman–Crippen LogP) is 11.2. The number of hydrogen-bond donors (Lipinski definition) is 3. The number of rotatable bonds is 14. The van der Waals surface area contributed by atoms with Crippen LogP contribution in [0.5, 0.6) is 11.5 Å². The highest BCUT2D eigenvalue weighted by atomic mass is 16.6. The molecule has 0 bridgehead atoms. The summed E-state index contributed by atoms with van der Waals surface area (Å²) in [6.07, 6.45) is 3.97. The number of carboxylic acid groups (broad SMARTS) is 2. The number of ether oxygens (including phenoxy) is 3. The average Bonchev–Trinajstić information content (AvgIpc) is 4.03. The van der Waals surface area contributed by atoms with Crippen LogP contribution in [0.2, 0.25) is 0 Å². The minimum Gasteiger partial charge on any atom is -0.502 e. The minimum absolute atomic E-state index is 0.0177. The Morgan fingerprint density at radius 1 is 0.746 bits per heavy atom. The number of nitrogens with one attached hydrogen (secondary N) is 1. The molecule has 0 saturated heterocycles. The number of aliphatic carboxylic acids is 2. The van der Waals surface area contributed by atoms with Crippen LogP contribution in [0.3, 0.4) is 0 Å². The first-order valence-corrected chi connectivity index (χ1v) is 23.4. The Morgan fingerprint density at radius 3 is 1.73 bits per heavy atom. The number of fused-ring (bicyclic) bond motifs is 2. The molecule has 2 aromatic heterocycles. The summed E-state index contributed by atoms with van der Waals surface area (Å²) in [6, 6.07) is 21.4. The molecule has 4 aromatic carbocycles. The zero-order valence-electron chi connectivity index (χ0n) is 40.7. The van der Waals surface area contributed by atoms with Crippen molar-refractivity contribution in [3.8, 4) is 57.2 Å². The normalized spacial score (nSPS) is 15.0. The zero-order valence-corrected chi connectivity index (χ0v) is 40.7. The summed E-state index contributed by atoms with van der Waals surface area (Å²) in [4.78, 5) is 53.3. The van der Waals surface area contributed by atoms with E-state index in [0.29, 0.717) is 64.4 Å². The van der Waals surface area contributed by atoms with Crippen molar-refractivity contribution < 1.29 is 47.9 Å². The molecule has 2 aliphatic rings. The number of carboxylic acids is 2. The monoisotopic (exact) mass is 964 g/mol. The van der Waals surface area contributed by atoms with Gasteiger partial charge in [0.05, 0.1) is 37.9 Å². The molecule has 0 spiro atoms. The topological polar surface area (TPSA) is 221 Å². The van der Waals surface area contributed by atoms with Crippen LogP contribution in [0.1, 0.15) is 108 Å². The minimum atomic E-state index is -1.12. The van der Waals surface area contributed by atoms with Crippen LogP contribution in [0, 0.1) is 13.1 Å². The van der Waals surface area contributed by atoms with E-state index < -0.39 is 36.2 Å². The lowest BCUT2D eigenvalue weighted by molar-refractivity contribution is -0.139. The lowest BCUT2D eigenvalue weighted by Gasteiger charge is -2.36. The van der Waals surface area contributed by atoms with Crippen molar-refractivity contribution in [2.24, 2.45) is 0 Å². The maximum absolute atomic E-state index is 13.0. The molecule has 0 fully saturated rings. The van der Waals surface area contributed by atoms with Crippen molar-refractivity contribution in [2.45, 2.75) is 117 Å². The van der Waals surface area contributed by atoms with Crippen LogP contribution in [0.15, 0.2) is 81.8 Å². The molecule has 2 heterocycles. The number of carbonyl (C=O) groups excluding carboxylic acids is 1. The molecule has 71 heavy (non-hydrogen) atoms. The number of carbonyl (C=O) groups is 3. The fourth-order valence-electron chi connectivity index (χ4n) is 8.69. The van der Waals surface area contributed by atoms with Crippen molar-refractivity contribution in [1.82, 2.24) is 30.5 Å². The highest BCUT2D eigenvalue weighted by Gasteiger charge is 2.35. The maximum Gasteiger partial charge on any atom is 0.411 e. The maximum atomic E-state index is 13.0. The Labute approximate surface area is 411 Å². The Kier molecular flexibility index (Phi) is 15.8. The smallest absolute Gasteiger partial charge is 0.411 e. The second-order valence-electron chi connectivity index (χ2n) is 18.6. The third kappa shape index (κ3) is 12.4. The Balaban J connectivity index is 0.000000213. The predicted molar refractivity (Wildman–Crippen MR) is 262 cm³/mol. The van der Waals surface area contributed by atoms with Crippen LogP contribution in [-0.4, -0.2) is 84.3 Å². The number of hydrogen-bond acceptors (Lipinski definition) is 13. The number of nitrogens with zero attached hydrogens (tertiary/aromatic N) is 7. The molecule has 0 saturated carbocycles. The number of amides is 1. The number of benzene rings is 4. The second-order valence-corrected chi connectivity index (χ2v) is 18.6. The SMILES string of the molecule is [C-]#[N+]c1cc(-c2nc(-c3cccc4c3CCC[C@@H]4N(CC(=O)O)C(=O)OC(C)(C)C)no2)ccc1OC(C)C.[C-]#[N+]c1cc(-c2nc(-c3cccc4c3CCC[C@@H]4NCC(=O)O)no2)ccc1OC(C)C. The van der Waals surface area contributed by atoms with Gasteiger partial charge in [0.15, 0.2) is 0 Å². The summed E-state index contributed by atoms with van der Waals surface area (Å²) >= 11 is 0. The van der Waals surface area contributed by atoms with Crippen LogP contribution in [0.4, 0.5) is 16.2 Å². The van der Waals surface area contributed by atoms with Gasteiger partial charge < -0.3 is 38.8 Å². The molecule has 18 nitrogen and oxygen atoms in total. The summed E-state index contributed by atoms with van der Waals surface area (Å²) in [7, 11) is 0. The fourth-order valence-corrected chi connectivity index (χ4v) is 8.69. The first-order chi connectivity index (χ1) is 33.9. The Morgan fingerprint density at radius 2 is 1.25 bits per heavy atom. The van der Waals surface area contributed by atoms with Gasteiger partial charge in [-0.2, -0.15) is 9.97 Å². The van der Waals surface area contributed by atoms with Crippen molar-refractivity contribution in [3.63, 3.8) is 0 Å². The van der Waals surface area contributed by atoms with Crippen molar-refractivity contribution in [2.75, 3.05) is 13.1 Å². The molecule has 3 N–H and O–H groups in total. The first kappa shape index (κ1) is 50.8. The van der Waals surface area contributed by atoms with Gasteiger partial charge in [-0.3, -0.25) is 14.5 Å². The molecule has 18 heteroatoms. The van der Waals surface area contributed by atoms with E-state index in [9.17, 15) is 19.5 Å². The highest BCUT2D eigenvalue weighted by Crippen LogP contribution is 2.41. The van der Waals surface area contributed by atoms with Gasteiger partial charge in [0, 0.05) is 28.3 Å². The molecule has 0 aliphatic heterocycles. The Hall–Kier alpha value is -8.09. The van der Waals surface area contributed by atoms with Gasteiger partial charge in [0.1, 0.15) is 23.6 Å². The highest BCUT2D eigenvalue weighted by molar-refractivity contribution is 5.78. The molecule has 8 rings (SSSR count). The lowest BCUT2D eigenvalue weighted by atomic mass is 9.84. The lowest BCUT2D eigenvalue weighted by Crippen LogP contribution is -2.43. The average molecular weight is 965 g/mol. The van der Waals surface area contributed by atoms with E-state index in [-0.39, 0.29) is 30.7 Å². The van der Waals surface area contributed by atoms with E-state index in [2.05, 4.69) is 35.3 Å². The van der Waals surface area contributed by atoms with E-state index in [1.165, 1.54) is 4.90 Å². The van der Waals surface area contributed by atoms with Crippen molar-refractivity contribution in [3.05, 3.63) is 118 Å². The van der Waals surface area contributed by atoms with Crippen molar-refractivity contribution >= 4 is 29.4 Å². The molecular weight excluding hydrogens is 909 g/mol. The molecular formula is C53H56N8O10. The zero-order chi connectivity index (χ0) is 51.0. The molecule has 0 unspecified atom stereocenters. The van der Waals surface area contributed by atoms with Crippen molar-refractivity contribution in [1.29, 1.82) is 0 Å². The summed E-state index contributed by atoms with van der Waals surface area (Å²) in [5.41, 5.74) is 6.80. The van der Waals surface area contributed by atoms with Gasteiger partial charge in [-0.15, -0.1) is 0 Å². The van der Waals surface area contributed by atoms with Gasteiger partial charge in [0.2, 0.25) is 23.0 Å². The van der Waals surface area contributed by atoms with E-state index in [1.54, 1.807) is 57.2 Å². The Bertz CT molecular complexity index is 2990. The number of aromatic nitrogens is 4. The third-order valence-corrected chi connectivity index (χ3v) is 11.5. The summed E-state index contributed by atoms with van der Waals surface area (Å²) in [5, 5.41) is 30.1. The molecule has 1 amide bonds. The van der Waals surface area contributed by atoms with Gasteiger partial charge in [-0.05, 0) is 146 Å². The summed E-state index contributed by atoms with van der Waals surface area (Å²) in [5.74, 6) is 0.458.